The summed E-state index contributed by atoms with van der Waals surface area (Å²) in [6.07, 6.45) is 7.45. The first-order chi connectivity index (χ1) is 18.4. The SMILES string of the molecule is C#CCC(c1nc2cccnc2c(=O)n1Nc1ccccc1)N(CCCN)C(=O)c1ccc(C)c(F)c1F. The molecule has 0 aliphatic rings. The highest BCUT2D eigenvalue weighted by molar-refractivity contribution is 5.95. The number of halogens is 2. The molecule has 10 heteroatoms. The van der Waals surface area contributed by atoms with Crippen molar-refractivity contribution in [1.82, 2.24) is 19.5 Å². The molecule has 4 aromatic rings. The maximum absolute atomic E-state index is 14.9. The molecular formula is C28H26F2N6O2. The van der Waals surface area contributed by atoms with Gasteiger partial charge in [0.15, 0.2) is 23.0 Å². The van der Waals surface area contributed by atoms with E-state index in [1.165, 1.54) is 34.8 Å². The molecule has 3 N–H and O–H groups in total. The van der Waals surface area contributed by atoms with E-state index < -0.39 is 34.7 Å². The molecule has 0 spiro atoms. The molecule has 0 saturated carbocycles. The highest BCUT2D eigenvalue weighted by Gasteiger charge is 2.32. The van der Waals surface area contributed by atoms with Gasteiger partial charge in [-0.2, -0.15) is 0 Å². The fraction of sp³-hybridized carbons (Fsp3) is 0.214. The van der Waals surface area contributed by atoms with Gasteiger partial charge in [0.05, 0.1) is 16.8 Å². The second-order valence-corrected chi connectivity index (χ2v) is 8.58. The summed E-state index contributed by atoms with van der Waals surface area (Å²) in [5, 5.41) is 0. The summed E-state index contributed by atoms with van der Waals surface area (Å²) in [6.45, 7) is 1.69. The van der Waals surface area contributed by atoms with Crippen molar-refractivity contribution in [2.24, 2.45) is 5.73 Å². The van der Waals surface area contributed by atoms with Gasteiger partial charge in [-0.25, -0.2) is 23.4 Å². The van der Waals surface area contributed by atoms with Crippen molar-refractivity contribution in [1.29, 1.82) is 0 Å². The molecular weight excluding hydrogens is 490 g/mol. The number of anilines is 1. The molecule has 0 aliphatic heterocycles. The van der Waals surface area contributed by atoms with Gasteiger partial charge in [-0.1, -0.05) is 24.3 Å². The third-order valence-corrected chi connectivity index (χ3v) is 6.03. The van der Waals surface area contributed by atoms with Crippen LogP contribution in [0.2, 0.25) is 0 Å². The Morgan fingerprint density at radius 2 is 1.92 bits per heavy atom. The van der Waals surface area contributed by atoms with E-state index in [1.54, 1.807) is 36.4 Å². The number of carbonyl (C=O) groups is 1. The second kappa shape index (κ2) is 11.6. The van der Waals surface area contributed by atoms with Crippen molar-refractivity contribution in [3.63, 3.8) is 0 Å². The lowest BCUT2D eigenvalue weighted by Gasteiger charge is -2.32. The van der Waals surface area contributed by atoms with Gasteiger partial charge in [-0.15, -0.1) is 12.3 Å². The third-order valence-electron chi connectivity index (χ3n) is 6.03. The number of nitrogens with two attached hydrogens (primary N) is 1. The van der Waals surface area contributed by atoms with E-state index in [2.05, 4.69) is 21.3 Å². The average Bonchev–Trinajstić information content (AvgIpc) is 2.93. The van der Waals surface area contributed by atoms with Gasteiger partial charge in [0.2, 0.25) is 0 Å². The molecule has 0 bridgehead atoms. The average molecular weight is 517 g/mol. The molecule has 0 saturated heterocycles. The maximum Gasteiger partial charge on any atom is 0.298 e. The molecule has 2 aromatic carbocycles. The van der Waals surface area contributed by atoms with Crippen LogP contribution in [-0.2, 0) is 0 Å². The lowest BCUT2D eigenvalue weighted by atomic mass is 10.1. The molecule has 1 atom stereocenters. The highest BCUT2D eigenvalue weighted by atomic mass is 19.2. The number of aryl methyl sites for hydroxylation is 1. The zero-order chi connectivity index (χ0) is 27.2. The smallest absolute Gasteiger partial charge is 0.298 e. The van der Waals surface area contributed by atoms with Gasteiger partial charge >= 0.3 is 0 Å². The Hall–Kier alpha value is -4.62. The van der Waals surface area contributed by atoms with Crippen LogP contribution in [-0.4, -0.2) is 38.5 Å². The first-order valence-electron chi connectivity index (χ1n) is 12.0. The fourth-order valence-corrected chi connectivity index (χ4v) is 4.09. The largest absolute Gasteiger partial charge is 0.330 e. The van der Waals surface area contributed by atoms with Gasteiger partial charge in [-0.3, -0.25) is 15.0 Å². The summed E-state index contributed by atoms with van der Waals surface area (Å²) in [5.74, 6) is -0.537. The Kier molecular flexibility index (Phi) is 8.09. The molecule has 4 rings (SSSR count). The maximum atomic E-state index is 14.9. The molecule has 0 radical (unpaired) electrons. The van der Waals surface area contributed by atoms with E-state index in [0.29, 0.717) is 17.6 Å². The zero-order valence-corrected chi connectivity index (χ0v) is 20.7. The molecule has 194 valence electrons. The van der Waals surface area contributed by atoms with Crippen LogP contribution in [0.5, 0.6) is 0 Å². The summed E-state index contributed by atoms with van der Waals surface area (Å²) >= 11 is 0. The molecule has 8 nitrogen and oxygen atoms in total. The Labute approximate surface area is 218 Å². The van der Waals surface area contributed by atoms with Crippen LogP contribution in [0.1, 0.15) is 40.6 Å². The second-order valence-electron chi connectivity index (χ2n) is 8.58. The van der Waals surface area contributed by atoms with Crippen molar-refractivity contribution in [2.45, 2.75) is 25.8 Å². The third kappa shape index (κ3) is 5.23. The van der Waals surface area contributed by atoms with Crippen LogP contribution in [0.25, 0.3) is 11.0 Å². The summed E-state index contributed by atoms with van der Waals surface area (Å²) in [6, 6.07) is 13.7. The first-order valence-corrected chi connectivity index (χ1v) is 12.0. The van der Waals surface area contributed by atoms with E-state index in [1.807, 2.05) is 6.07 Å². The minimum Gasteiger partial charge on any atom is -0.330 e. The van der Waals surface area contributed by atoms with Crippen LogP contribution in [0.4, 0.5) is 14.5 Å². The number of terminal acetylenes is 1. The van der Waals surface area contributed by atoms with Crippen molar-refractivity contribution < 1.29 is 13.6 Å². The normalized spacial score (nSPS) is 11.7. The van der Waals surface area contributed by atoms with Gasteiger partial charge in [0, 0.05) is 19.2 Å². The number of carbonyl (C=O) groups excluding carboxylic acids is 1. The Morgan fingerprint density at radius 1 is 1.16 bits per heavy atom. The topological polar surface area (TPSA) is 106 Å². The summed E-state index contributed by atoms with van der Waals surface area (Å²) < 4.78 is 30.5. The predicted molar refractivity (Wildman–Crippen MR) is 141 cm³/mol. The molecule has 2 heterocycles. The molecule has 1 amide bonds. The number of fused-ring (bicyclic) bond motifs is 1. The molecule has 38 heavy (non-hydrogen) atoms. The van der Waals surface area contributed by atoms with Crippen molar-refractivity contribution >= 4 is 22.6 Å². The number of nitrogens with one attached hydrogen (secondary N) is 1. The number of aromatic nitrogens is 3. The minimum absolute atomic E-state index is 0.0584. The number of hydrogen-bond donors (Lipinski definition) is 2. The van der Waals surface area contributed by atoms with E-state index >= 15 is 0 Å². The minimum atomic E-state index is -1.26. The van der Waals surface area contributed by atoms with Crippen molar-refractivity contribution in [2.75, 3.05) is 18.5 Å². The Bertz CT molecular complexity index is 1570. The molecule has 0 fully saturated rings. The molecule has 1 unspecified atom stereocenters. The number of rotatable bonds is 9. The summed E-state index contributed by atoms with van der Waals surface area (Å²) in [4.78, 5) is 37.4. The van der Waals surface area contributed by atoms with E-state index in [4.69, 9.17) is 12.2 Å². The quantitative estimate of drug-likeness (QED) is 0.328. The molecule has 2 aromatic heterocycles. The van der Waals surface area contributed by atoms with Crippen LogP contribution >= 0.6 is 0 Å². The highest BCUT2D eigenvalue weighted by Crippen LogP contribution is 2.27. The zero-order valence-electron chi connectivity index (χ0n) is 20.7. The van der Waals surface area contributed by atoms with Gasteiger partial charge in [0.25, 0.3) is 11.5 Å². The van der Waals surface area contributed by atoms with Crippen molar-refractivity contribution in [3.05, 3.63) is 99.7 Å². The van der Waals surface area contributed by atoms with E-state index in [-0.39, 0.29) is 36.4 Å². The van der Waals surface area contributed by atoms with E-state index in [9.17, 15) is 18.4 Å². The predicted octanol–water partition coefficient (Wildman–Crippen LogP) is 3.81. The first kappa shape index (κ1) is 26.4. The Balaban J connectivity index is 1.93. The monoisotopic (exact) mass is 516 g/mol. The van der Waals surface area contributed by atoms with Gasteiger partial charge in [0.1, 0.15) is 6.04 Å². The van der Waals surface area contributed by atoms with E-state index in [0.717, 1.165) is 0 Å². The number of hydrogen-bond acceptors (Lipinski definition) is 6. The van der Waals surface area contributed by atoms with Crippen LogP contribution < -0.4 is 16.7 Å². The van der Waals surface area contributed by atoms with Crippen molar-refractivity contribution in [3.8, 4) is 12.3 Å². The molecule has 0 aliphatic carbocycles. The number of para-hydroxylation sites is 1. The van der Waals surface area contributed by atoms with Crippen LogP contribution in [0.15, 0.2) is 65.6 Å². The van der Waals surface area contributed by atoms with Crippen LogP contribution in [0, 0.1) is 30.9 Å². The fourth-order valence-electron chi connectivity index (χ4n) is 4.09. The lowest BCUT2D eigenvalue weighted by Crippen LogP contribution is -2.42. The number of pyridine rings is 1. The van der Waals surface area contributed by atoms with Gasteiger partial charge in [-0.05, 0) is 55.8 Å². The van der Waals surface area contributed by atoms with Crippen LogP contribution in [0.3, 0.4) is 0 Å². The standard InChI is InChI=1S/C28H26F2N6O2/c1-3-9-22(35(17-8-15-31)27(37)20-14-13-18(2)23(29)24(20)30)26-33-21-12-7-16-32-25(21)28(38)36(26)34-19-10-5-4-6-11-19/h1,4-7,10-14,16,22,34H,8-9,15,17,31H2,2H3. The number of nitrogens with zero attached hydrogens (tertiary/aromatic N) is 4. The summed E-state index contributed by atoms with van der Waals surface area (Å²) in [7, 11) is 0. The number of benzene rings is 2. The lowest BCUT2D eigenvalue weighted by molar-refractivity contribution is 0.0660. The summed E-state index contributed by atoms with van der Waals surface area (Å²) in [5.41, 5.74) is 8.81. The Morgan fingerprint density at radius 3 is 2.63 bits per heavy atom. The van der Waals surface area contributed by atoms with Gasteiger partial charge < -0.3 is 10.6 Å². The number of amides is 1.